The van der Waals surface area contributed by atoms with Gasteiger partial charge >= 0.3 is 0 Å². The molecule has 168 valence electrons. The van der Waals surface area contributed by atoms with E-state index in [9.17, 15) is 9.59 Å². The molecule has 7 heteroatoms. The van der Waals surface area contributed by atoms with Crippen molar-refractivity contribution in [2.75, 3.05) is 32.1 Å². The predicted molar refractivity (Wildman–Crippen MR) is 124 cm³/mol. The van der Waals surface area contributed by atoms with Crippen molar-refractivity contribution in [1.82, 2.24) is 14.9 Å². The number of rotatable bonds is 8. The molecule has 2 heterocycles. The van der Waals surface area contributed by atoms with Crippen LogP contribution < -0.4 is 15.6 Å². The summed E-state index contributed by atoms with van der Waals surface area (Å²) in [5.41, 5.74) is 2.76. The Kier molecular flexibility index (Phi) is 7.85. The van der Waals surface area contributed by atoms with Crippen LogP contribution in [0.25, 0.3) is 11.4 Å². The number of carbonyl (C=O) groups is 1. The third-order valence-electron chi connectivity index (χ3n) is 5.84. The fourth-order valence-corrected chi connectivity index (χ4v) is 3.97. The van der Waals surface area contributed by atoms with Crippen LogP contribution in [-0.4, -0.2) is 47.5 Å². The third kappa shape index (κ3) is 5.53. The van der Waals surface area contributed by atoms with E-state index in [1.54, 1.807) is 0 Å². The van der Waals surface area contributed by atoms with Gasteiger partial charge in [0.15, 0.2) is 0 Å². The van der Waals surface area contributed by atoms with Crippen LogP contribution in [0.5, 0.6) is 5.75 Å². The second-order valence-electron chi connectivity index (χ2n) is 8.17. The Morgan fingerprint density at radius 3 is 2.61 bits per heavy atom. The molecule has 1 aliphatic heterocycles. The van der Waals surface area contributed by atoms with E-state index in [2.05, 4.69) is 22.2 Å². The summed E-state index contributed by atoms with van der Waals surface area (Å²) in [4.78, 5) is 35.3. The molecule has 0 spiro atoms. The number of ether oxygens (including phenoxy) is 1. The number of benzene rings is 1. The Hall–Kier alpha value is -2.67. The Morgan fingerprint density at radius 2 is 1.97 bits per heavy atom. The van der Waals surface area contributed by atoms with Gasteiger partial charge in [-0.3, -0.25) is 9.59 Å². The number of aromatic nitrogens is 2. The molecule has 0 unspecified atom stereocenters. The van der Waals surface area contributed by atoms with Crippen molar-refractivity contribution >= 4 is 11.6 Å². The number of carbonyl (C=O) groups excluding carboxylic acids is 1. The Balaban J connectivity index is 1.93. The first-order valence-electron chi connectivity index (χ1n) is 11.3. The number of aryl methyl sites for hydroxylation is 1. The minimum Gasteiger partial charge on any atom is -0.493 e. The zero-order chi connectivity index (χ0) is 22.4. The zero-order valence-corrected chi connectivity index (χ0v) is 19.1. The molecule has 0 bridgehead atoms. The lowest BCUT2D eigenvalue weighted by Gasteiger charge is -2.28. The maximum Gasteiger partial charge on any atom is 0.254 e. The van der Waals surface area contributed by atoms with Gasteiger partial charge < -0.3 is 19.9 Å². The Morgan fingerprint density at radius 1 is 1.23 bits per heavy atom. The molecule has 0 radical (unpaired) electrons. The van der Waals surface area contributed by atoms with Crippen molar-refractivity contribution in [2.24, 2.45) is 5.92 Å². The number of aromatic amines is 1. The van der Waals surface area contributed by atoms with E-state index in [4.69, 9.17) is 9.72 Å². The van der Waals surface area contributed by atoms with E-state index in [1.165, 1.54) is 0 Å². The number of nitrogens with one attached hydrogen (secondary N) is 2. The summed E-state index contributed by atoms with van der Waals surface area (Å²) in [6.45, 7) is 8.43. The average Bonchev–Trinajstić information content (AvgIpc) is 2.77. The van der Waals surface area contributed by atoms with Gasteiger partial charge in [-0.2, -0.15) is 0 Å². The maximum absolute atomic E-state index is 12.8. The number of nitrogens with zero attached hydrogens (tertiary/aromatic N) is 2. The van der Waals surface area contributed by atoms with E-state index < -0.39 is 0 Å². The molecule has 0 saturated carbocycles. The van der Waals surface area contributed by atoms with Gasteiger partial charge in [0.25, 0.3) is 5.56 Å². The van der Waals surface area contributed by atoms with E-state index in [0.29, 0.717) is 47.8 Å². The van der Waals surface area contributed by atoms with E-state index in [-0.39, 0.29) is 17.4 Å². The summed E-state index contributed by atoms with van der Waals surface area (Å²) >= 11 is 0. The van der Waals surface area contributed by atoms with Gasteiger partial charge in [-0.1, -0.05) is 20.8 Å². The summed E-state index contributed by atoms with van der Waals surface area (Å²) in [6, 6.07) is 5.54. The van der Waals surface area contributed by atoms with Crippen LogP contribution in [0, 0.1) is 5.92 Å². The summed E-state index contributed by atoms with van der Waals surface area (Å²) in [5, 5.41) is 3.05. The molecule has 1 amide bonds. The molecule has 0 atom stereocenters. The van der Waals surface area contributed by atoms with Crippen LogP contribution in [0.3, 0.4) is 0 Å². The molecule has 1 saturated heterocycles. The fraction of sp³-hybridized carbons (Fsp3) is 0.542. The first kappa shape index (κ1) is 23.0. The highest BCUT2D eigenvalue weighted by Gasteiger charge is 2.24. The van der Waals surface area contributed by atoms with Crippen molar-refractivity contribution in [3.63, 3.8) is 0 Å². The lowest BCUT2D eigenvalue weighted by atomic mass is 9.96. The highest BCUT2D eigenvalue weighted by atomic mass is 16.5. The zero-order valence-electron chi connectivity index (χ0n) is 19.1. The minimum absolute atomic E-state index is 0.0177. The average molecular weight is 427 g/mol. The molecular formula is C24H34N4O3. The van der Waals surface area contributed by atoms with Crippen LogP contribution in [0.4, 0.5) is 5.69 Å². The van der Waals surface area contributed by atoms with Crippen molar-refractivity contribution < 1.29 is 9.53 Å². The normalized spacial score (nSPS) is 15.1. The van der Waals surface area contributed by atoms with Gasteiger partial charge in [0, 0.05) is 17.2 Å². The number of amides is 1. The first-order valence-corrected chi connectivity index (χ1v) is 11.3. The molecule has 1 aliphatic rings. The summed E-state index contributed by atoms with van der Waals surface area (Å²) in [6.07, 6.45) is 3.91. The molecule has 3 rings (SSSR count). The summed E-state index contributed by atoms with van der Waals surface area (Å²) < 4.78 is 5.92. The van der Waals surface area contributed by atoms with Gasteiger partial charge in [-0.05, 0) is 70.4 Å². The van der Waals surface area contributed by atoms with Gasteiger partial charge in [0.2, 0.25) is 5.91 Å². The predicted octanol–water partition coefficient (Wildman–Crippen LogP) is 3.63. The topological polar surface area (TPSA) is 87.3 Å². The number of likely N-dealkylation sites (tertiary alicyclic amines) is 1. The molecule has 2 aromatic rings. The van der Waals surface area contributed by atoms with Gasteiger partial charge in [-0.25, -0.2) is 4.98 Å². The van der Waals surface area contributed by atoms with Crippen molar-refractivity contribution in [3.05, 3.63) is 39.8 Å². The smallest absolute Gasteiger partial charge is 0.254 e. The van der Waals surface area contributed by atoms with Gasteiger partial charge in [-0.15, -0.1) is 0 Å². The summed E-state index contributed by atoms with van der Waals surface area (Å²) in [7, 11) is 2.08. The molecule has 31 heavy (non-hydrogen) atoms. The minimum atomic E-state index is -0.119. The quantitative estimate of drug-likeness (QED) is 0.673. The Bertz CT molecular complexity index is 962. The van der Waals surface area contributed by atoms with E-state index >= 15 is 0 Å². The highest BCUT2D eigenvalue weighted by Crippen LogP contribution is 2.31. The maximum atomic E-state index is 12.8. The Labute approximate surface area is 184 Å². The van der Waals surface area contributed by atoms with E-state index in [1.807, 2.05) is 39.0 Å². The summed E-state index contributed by atoms with van der Waals surface area (Å²) in [5.74, 6) is 1.18. The van der Waals surface area contributed by atoms with Gasteiger partial charge in [0.05, 0.1) is 17.9 Å². The number of H-pyrrole nitrogens is 1. The first-order chi connectivity index (χ1) is 15.0. The molecular weight excluding hydrogens is 392 g/mol. The molecule has 1 aromatic carbocycles. The molecule has 7 nitrogen and oxygen atoms in total. The van der Waals surface area contributed by atoms with Crippen LogP contribution >= 0.6 is 0 Å². The van der Waals surface area contributed by atoms with Crippen molar-refractivity contribution in [3.8, 4) is 17.1 Å². The van der Waals surface area contributed by atoms with Crippen molar-refractivity contribution in [1.29, 1.82) is 0 Å². The number of hydrogen-bond donors (Lipinski definition) is 2. The standard InChI is InChI=1S/C24H34N4O3/c1-5-14-31-21-9-8-17(25-23(29)16-10-12-28(4)13-11-16)15-19(21)22-26-20(7-3)18(6-2)24(30)27-22/h8-9,15-16H,5-7,10-14H2,1-4H3,(H,25,29)(H,26,27,30). The second-order valence-corrected chi connectivity index (χ2v) is 8.17. The highest BCUT2D eigenvalue weighted by molar-refractivity contribution is 5.93. The fourth-order valence-electron chi connectivity index (χ4n) is 3.97. The van der Waals surface area contributed by atoms with Gasteiger partial charge in [0.1, 0.15) is 11.6 Å². The molecule has 1 aromatic heterocycles. The van der Waals surface area contributed by atoms with Crippen molar-refractivity contribution in [2.45, 2.75) is 52.9 Å². The van der Waals surface area contributed by atoms with E-state index in [0.717, 1.165) is 38.0 Å². The van der Waals surface area contributed by atoms with Crippen LogP contribution in [0.1, 0.15) is 51.3 Å². The van der Waals surface area contributed by atoms with Crippen LogP contribution in [0.15, 0.2) is 23.0 Å². The molecule has 1 fully saturated rings. The number of anilines is 1. The van der Waals surface area contributed by atoms with Crippen LogP contribution in [0.2, 0.25) is 0 Å². The third-order valence-corrected chi connectivity index (χ3v) is 5.84. The monoisotopic (exact) mass is 426 g/mol. The number of piperidine rings is 1. The lowest BCUT2D eigenvalue weighted by molar-refractivity contribution is -0.121. The molecule has 2 N–H and O–H groups in total. The lowest BCUT2D eigenvalue weighted by Crippen LogP contribution is -2.35. The SMILES string of the molecule is CCCOc1ccc(NC(=O)C2CCN(C)CC2)cc1-c1nc(CC)c(CC)c(=O)[nH]1. The van der Waals surface area contributed by atoms with Crippen LogP contribution in [-0.2, 0) is 17.6 Å². The number of hydrogen-bond acceptors (Lipinski definition) is 5. The largest absolute Gasteiger partial charge is 0.493 e. The molecule has 0 aliphatic carbocycles. The second kappa shape index (κ2) is 10.6.